The number of carbonyl (C=O) groups is 1. The minimum Gasteiger partial charge on any atom is -0.383 e. The van der Waals surface area contributed by atoms with Crippen LogP contribution in [0.25, 0.3) is 0 Å². The van der Waals surface area contributed by atoms with E-state index in [1.807, 2.05) is 26.8 Å². The SMILES string of the molecule is CCN(CC)C(=O)c1cc(NC(C)COC)ccn1. The lowest BCUT2D eigenvalue weighted by molar-refractivity contribution is 0.0767. The molecule has 1 N–H and O–H groups in total. The molecule has 1 amide bonds. The first-order chi connectivity index (χ1) is 9.12. The molecule has 1 atom stereocenters. The van der Waals surface area contributed by atoms with Gasteiger partial charge in [-0.2, -0.15) is 0 Å². The summed E-state index contributed by atoms with van der Waals surface area (Å²) in [4.78, 5) is 18.1. The predicted molar refractivity (Wildman–Crippen MR) is 76.4 cm³/mol. The van der Waals surface area contributed by atoms with Gasteiger partial charge < -0.3 is 15.0 Å². The average molecular weight is 265 g/mol. The van der Waals surface area contributed by atoms with Gasteiger partial charge in [-0.05, 0) is 32.9 Å². The monoisotopic (exact) mass is 265 g/mol. The number of methoxy groups -OCH3 is 1. The molecular weight excluding hydrogens is 242 g/mol. The van der Waals surface area contributed by atoms with Crippen molar-refractivity contribution in [3.63, 3.8) is 0 Å². The molecule has 0 fully saturated rings. The van der Waals surface area contributed by atoms with Crippen molar-refractivity contribution in [1.29, 1.82) is 0 Å². The topological polar surface area (TPSA) is 54.5 Å². The number of carbonyl (C=O) groups excluding carboxylic acids is 1. The summed E-state index contributed by atoms with van der Waals surface area (Å²) in [5.74, 6) is -0.0342. The second-order valence-electron chi connectivity index (χ2n) is 4.41. The number of rotatable bonds is 7. The third-order valence-electron chi connectivity index (χ3n) is 2.86. The van der Waals surface area contributed by atoms with Gasteiger partial charge in [0.1, 0.15) is 5.69 Å². The maximum Gasteiger partial charge on any atom is 0.272 e. The van der Waals surface area contributed by atoms with Crippen LogP contribution in [0.5, 0.6) is 0 Å². The van der Waals surface area contributed by atoms with E-state index in [0.29, 0.717) is 25.4 Å². The second-order valence-corrected chi connectivity index (χ2v) is 4.41. The first-order valence-electron chi connectivity index (χ1n) is 6.63. The standard InChI is InChI=1S/C14H23N3O2/c1-5-17(6-2)14(18)13-9-12(7-8-15-13)16-11(3)10-19-4/h7-9,11H,5-6,10H2,1-4H3,(H,15,16). The summed E-state index contributed by atoms with van der Waals surface area (Å²) in [7, 11) is 1.67. The van der Waals surface area contributed by atoms with E-state index in [0.717, 1.165) is 5.69 Å². The largest absolute Gasteiger partial charge is 0.383 e. The zero-order chi connectivity index (χ0) is 14.3. The van der Waals surface area contributed by atoms with E-state index in [9.17, 15) is 4.79 Å². The maximum absolute atomic E-state index is 12.2. The molecule has 1 aromatic rings. The van der Waals surface area contributed by atoms with E-state index in [-0.39, 0.29) is 11.9 Å². The molecular formula is C14H23N3O2. The van der Waals surface area contributed by atoms with Crippen LogP contribution in [-0.4, -0.2) is 48.6 Å². The van der Waals surface area contributed by atoms with Crippen LogP contribution in [0.15, 0.2) is 18.3 Å². The van der Waals surface area contributed by atoms with Gasteiger partial charge in [0, 0.05) is 38.1 Å². The minimum atomic E-state index is -0.0342. The van der Waals surface area contributed by atoms with Gasteiger partial charge in [0.2, 0.25) is 0 Å². The molecule has 1 rings (SSSR count). The number of nitrogens with zero attached hydrogens (tertiary/aromatic N) is 2. The van der Waals surface area contributed by atoms with Gasteiger partial charge in [0.25, 0.3) is 5.91 Å². The van der Waals surface area contributed by atoms with Crippen molar-refractivity contribution in [2.75, 3.05) is 32.1 Å². The van der Waals surface area contributed by atoms with Crippen LogP contribution in [0.1, 0.15) is 31.3 Å². The Hall–Kier alpha value is -1.62. The first-order valence-corrected chi connectivity index (χ1v) is 6.63. The summed E-state index contributed by atoms with van der Waals surface area (Å²) in [6.45, 7) is 7.94. The third kappa shape index (κ3) is 4.52. The van der Waals surface area contributed by atoms with E-state index in [2.05, 4.69) is 10.3 Å². The van der Waals surface area contributed by atoms with E-state index < -0.39 is 0 Å². The Bertz CT molecular complexity index is 405. The molecule has 1 aromatic heterocycles. The minimum absolute atomic E-state index is 0.0342. The Labute approximate surface area is 115 Å². The van der Waals surface area contributed by atoms with Gasteiger partial charge in [0.15, 0.2) is 0 Å². The molecule has 106 valence electrons. The van der Waals surface area contributed by atoms with E-state index in [1.54, 1.807) is 24.3 Å². The first kappa shape index (κ1) is 15.4. The highest BCUT2D eigenvalue weighted by atomic mass is 16.5. The number of hydrogen-bond donors (Lipinski definition) is 1. The summed E-state index contributed by atoms with van der Waals surface area (Å²) in [5, 5.41) is 3.28. The van der Waals surface area contributed by atoms with Crippen molar-refractivity contribution in [3.05, 3.63) is 24.0 Å². The van der Waals surface area contributed by atoms with Crippen molar-refractivity contribution in [2.45, 2.75) is 26.8 Å². The fourth-order valence-electron chi connectivity index (χ4n) is 1.89. The number of anilines is 1. The highest BCUT2D eigenvalue weighted by Gasteiger charge is 2.14. The fourth-order valence-corrected chi connectivity index (χ4v) is 1.89. The zero-order valence-corrected chi connectivity index (χ0v) is 12.1. The van der Waals surface area contributed by atoms with Crippen LogP contribution in [0.4, 0.5) is 5.69 Å². The second kappa shape index (κ2) is 7.74. The smallest absolute Gasteiger partial charge is 0.272 e. The van der Waals surface area contributed by atoms with E-state index >= 15 is 0 Å². The summed E-state index contributed by atoms with van der Waals surface area (Å²) < 4.78 is 5.07. The van der Waals surface area contributed by atoms with Crippen LogP contribution in [-0.2, 0) is 4.74 Å². The lowest BCUT2D eigenvalue weighted by atomic mass is 10.2. The maximum atomic E-state index is 12.2. The van der Waals surface area contributed by atoms with Gasteiger partial charge in [-0.1, -0.05) is 0 Å². The van der Waals surface area contributed by atoms with Crippen LogP contribution >= 0.6 is 0 Å². The van der Waals surface area contributed by atoms with Gasteiger partial charge in [-0.15, -0.1) is 0 Å². The van der Waals surface area contributed by atoms with Crippen LogP contribution in [0.3, 0.4) is 0 Å². The molecule has 0 aliphatic rings. The fraction of sp³-hybridized carbons (Fsp3) is 0.571. The summed E-state index contributed by atoms with van der Waals surface area (Å²) in [6.07, 6.45) is 1.65. The molecule has 0 saturated carbocycles. The van der Waals surface area contributed by atoms with Crippen molar-refractivity contribution in [2.24, 2.45) is 0 Å². The molecule has 0 radical (unpaired) electrons. The van der Waals surface area contributed by atoms with Crippen molar-refractivity contribution < 1.29 is 9.53 Å². The molecule has 0 saturated heterocycles. The lowest BCUT2D eigenvalue weighted by Crippen LogP contribution is -2.31. The molecule has 19 heavy (non-hydrogen) atoms. The summed E-state index contributed by atoms with van der Waals surface area (Å²) in [6, 6.07) is 3.82. The summed E-state index contributed by atoms with van der Waals surface area (Å²) in [5.41, 5.74) is 1.35. The summed E-state index contributed by atoms with van der Waals surface area (Å²) >= 11 is 0. The molecule has 0 aliphatic carbocycles. The Kier molecular flexibility index (Phi) is 6.29. The van der Waals surface area contributed by atoms with E-state index in [4.69, 9.17) is 4.74 Å². The zero-order valence-electron chi connectivity index (χ0n) is 12.1. The Morgan fingerprint density at radius 2 is 2.16 bits per heavy atom. The van der Waals surface area contributed by atoms with Gasteiger partial charge in [-0.3, -0.25) is 9.78 Å². The number of amides is 1. The average Bonchev–Trinajstić information content (AvgIpc) is 2.40. The van der Waals surface area contributed by atoms with Crippen molar-refractivity contribution in [1.82, 2.24) is 9.88 Å². The van der Waals surface area contributed by atoms with Gasteiger partial charge in [-0.25, -0.2) is 0 Å². The quantitative estimate of drug-likeness (QED) is 0.819. The van der Waals surface area contributed by atoms with Crippen LogP contribution in [0, 0.1) is 0 Å². The molecule has 1 heterocycles. The predicted octanol–water partition coefficient (Wildman–Crippen LogP) is 2.01. The molecule has 0 aliphatic heterocycles. The number of hydrogen-bond acceptors (Lipinski definition) is 4. The van der Waals surface area contributed by atoms with Gasteiger partial charge in [0.05, 0.1) is 6.61 Å². The van der Waals surface area contributed by atoms with Crippen LogP contribution in [0.2, 0.25) is 0 Å². The number of ether oxygens (including phenoxy) is 1. The number of pyridine rings is 1. The molecule has 1 unspecified atom stereocenters. The Balaban J connectivity index is 2.79. The third-order valence-corrected chi connectivity index (χ3v) is 2.86. The Morgan fingerprint density at radius 3 is 2.74 bits per heavy atom. The number of aromatic nitrogens is 1. The lowest BCUT2D eigenvalue weighted by Gasteiger charge is -2.19. The molecule has 0 spiro atoms. The van der Waals surface area contributed by atoms with Crippen molar-refractivity contribution >= 4 is 11.6 Å². The highest BCUT2D eigenvalue weighted by Crippen LogP contribution is 2.11. The molecule has 0 aromatic carbocycles. The van der Waals surface area contributed by atoms with E-state index in [1.165, 1.54) is 0 Å². The molecule has 5 heteroatoms. The Morgan fingerprint density at radius 1 is 1.47 bits per heavy atom. The highest BCUT2D eigenvalue weighted by molar-refractivity contribution is 5.93. The van der Waals surface area contributed by atoms with Gasteiger partial charge >= 0.3 is 0 Å². The molecule has 0 bridgehead atoms. The number of nitrogens with one attached hydrogen (secondary N) is 1. The normalized spacial score (nSPS) is 12.0. The van der Waals surface area contributed by atoms with Crippen LogP contribution < -0.4 is 5.32 Å². The van der Waals surface area contributed by atoms with Crippen molar-refractivity contribution in [3.8, 4) is 0 Å². The molecule has 5 nitrogen and oxygen atoms in total.